The summed E-state index contributed by atoms with van der Waals surface area (Å²) >= 11 is 1.48. The minimum absolute atomic E-state index is 0.0329. The summed E-state index contributed by atoms with van der Waals surface area (Å²) in [6, 6.07) is 6.36. The standard InChI is InChI=1S/C16H20N2OS/c1-9-3-6-13-12(7-9)14(17)15(20-13)16(19)18-10(2)8-11-4-5-11/h3,6-7,10-11H,4-5,8,17H2,1-2H3,(H,18,19). The summed E-state index contributed by atoms with van der Waals surface area (Å²) in [6.45, 7) is 4.11. The van der Waals surface area contributed by atoms with E-state index in [1.54, 1.807) is 0 Å². The summed E-state index contributed by atoms with van der Waals surface area (Å²) < 4.78 is 1.08. The van der Waals surface area contributed by atoms with Gasteiger partial charge in [0, 0.05) is 16.1 Å². The lowest BCUT2D eigenvalue weighted by Crippen LogP contribution is -2.32. The van der Waals surface area contributed by atoms with E-state index in [-0.39, 0.29) is 11.9 Å². The molecule has 20 heavy (non-hydrogen) atoms. The fraction of sp³-hybridized carbons (Fsp3) is 0.438. The fourth-order valence-corrected chi connectivity index (χ4v) is 3.61. The van der Waals surface area contributed by atoms with Gasteiger partial charge in [0.1, 0.15) is 4.88 Å². The summed E-state index contributed by atoms with van der Waals surface area (Å²) in [5.41, 5.74) is 7.93. The van der Waals surface area contributed by atoms with Gasteiger partial charge in [-0.25, -0.2) is 0 Å². The SMILES string of the molecule is Cc1ccc2sc(C(=O)NC(C)CC3CC3)c(N)c2c1. The van der Waals surface area contributed by atoms with E-state index in [1.165, 1.54) is 24.2 Å². The first-order valence-electron chi connectivity index (χ1n) is 7.14. The Balaban J connectivity index is 1.81. The predicted molar refractivity (Wildman–Crippen MR) is 85.2 cm³/mol. The highest BCUT2D eigenvalue weighted by Gasteiger charge is 2.25. The van der Waals surface area contributed by atoms with Gasteiger partial charge in [0.2, 0.25) is 0 Å². The molecule has 0 saturated heterocycles. The Kier molecular flexibility index (Phi) is 3.42. The Bertz CT molecular complexity index is 658. The second-order valence-electron chi connectivity index (χ2n) is 5.90. The Labute approximate surface area is 123 Å². The molecule has 106 valence electrons. The monoisotopic (exact) mass is 288 g/mol. The van der Waals surface area contributed by atoms with Crippen molar-refractivity contribution in [1.29, 1.82) is 0 Å². The highest BCUT2D eigenvalue weighted by molar-refractivity contribution is 7.21. The topological polar surface area (TPSA) is 55.1 Å². The molecule has 3 N–H and O–H groups in total. The lowest BCUT2D eigenvalue weighted by atomic mass is 10.1. The first-order chi connectivity index (χ1) is 9.54. The summed E-state index contributed by atoms with van der Waals surface area (Å²) in [5, 5.41) is 4.07. The molecule has 1 fully saturated rings. The Morgan fingerprint density at radius 3 is 2.95 bits per heavy atom. The molecule has 1 amide bonds. The summed E-state index contributed by atoms with van der Waals surface area (Å²) in [7, 11) is 0. The van der Waals surface area contributed by atoms with Gasteiger partial charge in [0.15, 0.2) is 0 Å². The van der Waals surface area contributed by atoms with E-state index in [2.05, 4.69) is 18.3 Å². The first-order valence-corrected chi connectivity index (χ1v) is 7.95. The number of hydrogen-bond acceptors (Lipinski definition) is 3. The molecular weight excluding hydrogens is 268 g/mol. The van der Waals surface area contributed by atoms with E-state index < -0.39 is 0 Å². The third-order valence-corrected chi connectivity index (χ3v) is 5.03. The van der Waals surface area contributed by atoms with Crippen LogP contribution >= 0.6 is 11.3 Å². The zero-order valence-corrected chi connectivity index (χ0v) is 12.7. The summed E-state index contributed by atoms with van der Waals surface area (Å²) in [4.78, 5) is 13.0. The van der Waals surface area contributed by atoms with Crippen molar-refractivity contribution >= 4 is 33.0 Å². The van der Waals surface area contributed by atoms with Crippen molar-refractivity contribution in [1.82, 2.24) is 5.32 Å². The van der Waals surface area contributed by atoms with E-state index in [0.29, 0.717) is 10.6 Å². The van der Waals surface area contributed by atoms with Gasteiger partial charge in [-0.1, -0.05) is 24.5 Å². The number of nitrogens with one attached hydrogen (secondary N) is 1. The lowest BCUT2D eigenvalue weighted by Gasteiger charge is -2.12. The Morgan fingerprint density at radius 1 is 1.50 bits per heavy atom. The van der Waals surface area contributed by atoms with Crippen molar-refractivity contribution < 1.29 is 4.79 Å². The summed E-state index contributed by atoms with van der Waals surface area (Å²) in [5.74, 6) is 0.780. The molecule has 1 aromatic carbocycles. The van der Waals surface area contributed by atoms with Crippen LogP contribution in [0, 0.1) is 12.8 Å². The molecule has 4 heteroatoms. The van der Waals surface area contributed by atoms with Crippen LogP contribution in [0.3, 0.4) is 0 Å². The molecule has 1 aliphatic carbocycles. The van der Waals surface area contributed by atoms with Crippen LogP contribution in [0.1, 0.15) is 41.4 Å². The molecular formula is C16H20N2OS. The smallest absolute Gasteiger partial charge is 0.263 e. The molecule has 3 nitrogen and oxygen atoms in total. The number of aryl methyl sites for hydroxylation is 1. The normalized spacial score (nSPS) is 16.3. The second-order valence-corrected chi connectivity index (χ2v) is 6.95. The average molecular weight is 288 g/mol. The highest BCUT2D eigenvalue weighted by atomic mass is 32.1. The van der Waals surface area contributed by atoms with Gasteiger partial charge in [-0.05, 0) is 38.3 Å². The molecule has 3 rings (SSSR count). The number of amides is 1. The maximum atomic E-state index is 12.4. The number of thiophene rings is 1. The van der Waals surface area contributed by atoms with Gasteiger partial charge in [-0.15, -0.1) is 11.3 Å². The van der Waals surface area contributed by atoms with Crippen molar-refractivity contribution in [2.45, 2.75) is 39.2 Å². The number of fused-ring (bicyclic) bond motifs is 1. The Hall–Kier alpha value is -1.55. The lowest BCUT2D eigenvalue weighted by molar-refractivity contribution is 0.0942. The number of carbonyl (C=O) groups is 1. The van der Waals surface area contributed by atoms with Gasteiger partial charge in [0.05, 0.1) is 5.69 Å². The molecule has 0 bridgehead atoms. The average Bonchev–Trinajstić information content (AvgIpc) is 3.14. The van der Waals surface area contributed by atoms with E-state index >= 15 is 0 Å². The van der Waals surface area contributed by atoms with Gasteiger partial charge < -0.3 is 11.1 Å². The van der Waals surface area contributed by atoms with Crippen LogP contribution in [0.25, 0.3) is 10.1 Å². The van der Waals surface area contributed by atoms with Crippen molar-refractivity contribution in [3.63, 3.8) is 0 Å². The van der Waals surface area contributed by atoms with Gasteiger partial charge >= 0.3 is 0 Å². The number of anilines is 1. The van der Waals surface area contributed by atoms with Crippen molar-refractivity contribution in [3.05, 3.63) is 28.6 Å². The quantitative estimate of drug-likeness (QED) is 0.901. The predicted octanol–water partition coefficient (Wildman–Crippen LogP) is 3.71. The van der Waals surface area contributed by atoms with E-state index in [1.807, 2.05) is 19.1 Å². The second kappa shape index (κ2) is 5.09. The van der Waals surface area contributed by atoms with Crippen LogP contribution in [-0.4, -0.2) is 11.9 Å². The molecule has 0 spiro atoms. The van der Waals surface area contributed by atoms with Crippen LogP contribution < -0.4 is 11.1 Å². The number of carbonyl (C=O) groups excluding carboxylic acids is 1. The molecule has 1 saturated carbocycles. The van der Waals surface area contributed by atoms with E-state index in [9.17, 15) is 4.79 Å². The van der Waals surface area contributed by atoms with Crippen LogP contribution in [0.4, 0.5) is 5.69 Å². The highest BCUT2D eigenvalue weighted by Crippen LogP contribution is 2.35. The molecule has 1 aliphatic rings. The molecule has 0 aliphatic heterocycles. The zero-order valence-electron chi connectivity index (χ0n) is 11.9. The first kappa shape index (κ1) is 13.4. The van der Waals surface area contributed by atoms with Crippen molar-refractivity contribution in [3.8, 4) is 0 Å². The number of benzene rings is 1. The maximum Gasteiger partial charge on any atom is 0.263 e. The zero-order chi connectivity index (χ0) is 14.3. The number of rotatable bonds is 4. The number of nitrogen functional groups attached to an aromatic ring is 1. The minimum Gasteiger partial charge on any atom is -0.397 e. The number of nitrogens with two attached hydrogens (primary N) is 1. The van der Waals surface area contributed by atoms with Gasteiger partial charge in [-0.2, -0.15) is 0 Å². The van der Waals surface area contributed by atoms with Gasteiger partial charge in [0.25, 0.3) is 5.91 Å². The van der Waals surface area contributed by atoms with Crippen LogP contribution in [0.5, 0.6) is 0 Å². The number of hydrogen-bond donors (Lipinski definition) is 2. The summed E-state index contributed by atoms with van der Waals surface area (Å²) in [6.07, 6.45) is 3.70. The molecule has 2 aromatic rings. The van der Waals surface area contributed by atoms with Crippen LogP contribution in [0.15, 0.2) is 18.2 Å². The molecule has 1 aromatic heterocycles. The molecule has 1 unspecified atom stereocenters. The third-order valence-electron chi connectivity index (χ3n) is 3.85. The fourth-order valence-electron chi connectivity index (χ4n) is 2.60. The minimum atomic E-state index is -0.0329. The van der Waals surface area contributed by atoms with Gasteiger partial charge in [-0.3, -0.25) is 4.79 Å². The Morgan fingerprint density at radius 2 is 2.25 bits per heavy atom. The largest absolute Gasteiger partial charge is 0.397 e. The third kappa shape index (κ3) is 2.66. The van der Waals surface area contributed by atoms with E-state index in [0.717, 1.165) is 28.0 Å². The van der Waals surface area contributed by atoms with Crippen molar-refractivity contribution in [2.24, 2.45) is 5.92 Å². The molecule has 1 heterocycles. The van der Waals surface area contributed by atoms with E-state index in [4.69, 9.17) is 5.73 Å². The van der Waals surface area contributed by atoms with Crippen molar-refractivity contribution in [2.75, 3.05) is 5.73 Å². The molecule has 0 radical (unpaired) electrons. The van der Waals surface area contributed by atoms with Crippen LogP contribution in [0.2, 0.25) is 0 Å². The van der Waals surface area contributed by atoms with Crippen LogP contribution in [-0.2, 0) is 0 Å². The molecule has 1 atom stereocenters. The maximum absolute atomic E-state index is 12.4.